The van der Waals surface area contributed by atoms with E-state index in [1.165, 1.54) is 18.5 Å². The molecule has 322 valence electrons. The van der Waals surface area contributed by atoms with Crippen LogP contribution in [0.1, 0.15) is 101 Å². The number of aryl methyl sites for hydroxylation is 1. The molecule has 1 saturated carbocycles. The molecule has 1 aliphatic carbocycles. The van der Waals surface area contributed by atoms with Crippen LogP contribution in [0.5, 0.6) is 5.75 Å². The normalized spacial score (nSPS) is 22.0. The average molecular weight is 846 g/mol. The number of imidazole rings is 1. The van der Waals surface area contributed by atoms with E-state index in [4.69, 9.17) is 4.74 Å². The van der Waals surface area contributed by atoms with Crippen LogP contribution in [-0.2, 0) is 19.2 Å². The summed E-state index contributed by atoms with van der Waals surface area (Å²) in [6.07, 6.45) is 8.14. The average Bonchev–Trinajstić information content (AvgIpc) is 3.80. The smallest absolute Gasteiger partial charge is 0.270 e. The van der Waals surface area contributed by atoms with E-state index in [-0.39, 0.29) is 78.1 Å². The topological polar surface area (TPSA) is 231 Å². The first-order chi connectivity index (χ1) is 30.0. The van der Waals surface area contributed by atoms with Gasteiger partial charge in [0.2, 0.25) is 17.7 Å². The van der Waals surface area contributed by atoms with E-state index in [0.29, 0.717) is 62.5 Å². The molecule has 4 fully saturated rings. The first-order valence-corrected chi connectivity index (χ1v) is 21.2. The van der Waals surface area contributed by atoms with Crippen molar-refractivity contribution in [3.8, 4) is 5.75 Å². The predicted molar refractivity (Wildman–Crippen MR) is 220 cm³/mol. The summed E-state index contributed by atoms with van der Waals surface area (Å²) in [5.74, 6) is -1.99. The lowest BCUT2D eigenvalue weighted by molar-refractivity contribution is -0.137. The van der Waals surface area contributed by atoms with Crippen LogP contribution in [0, 0.1) is 12.8 Å². The lowest BCUT2D eigenvalue weighted by atomic mass is 9.86. The highest BCUT2D eigenvalue weighted by atomic mass is 16.5. The number of benzene rings is 1. The van der Waals surface area contributed by atoms with Gasteiger partial charge in [-0.25, -0.2) is 19.9 Å². The molecule has 3 saturated heterocycles. The number of ether oxygens (including phenoxy) is 1. The number of rotatable bonds is 11. The minimum absolute atomic E-state index is 0.00856. The number of carbonyl (C=O) groups is 7. The minimum Gasteiger partial charge on any atom is -0.483 e. The van der Waals surface area contributed by atoms with Gasteiger partial charge in [-0.05, 0) is 82.1 Å². The summed E-state index contributed by atoms with van der Waals surface area (Å²) in [4.78, 5) is 112. The molecule has 0 unspecified atom stereocenters. The summed E-state index contributed by atoms with van der Waals surface area (Å²) in [5.41, 5.74) is 2.70. The maximum absolute atomic E-state index is 13.4. The summed E-state index contributed by atoms with van der Waals surface area (Å²) < 4.78 is 7.86. The number of pyridine rings is 1. The number of fused-ring (bicyclic) bond motifs is 2. The Hall–Kier alpha value is -6.79. The molecule has 1 aromatic carbocycles. The van der Waals surface area contributed by atoms with Gasteiger partial charge in [0.15, 0.2) is 18.1 Å². The molecule has 19 nitrogen and oxygen atoms in total. The number of nitrogens with one attached hydrogen (secondary N) is 3. The second-order valence-electron chi connectivity index (χ2n) is 16.7. The third-order valence-electron chi connectivity index (χ3n) is 12.7. The van der Waals surface area contributed by atoms with E-state index >= 15 is 0 Å². The van der Waals surface area contributed by atoms with Gasteiger partial charge in [0.25, 0.3) is 23.6 Å². The number of piperidine rings is 3. The van der Waals surface area contributed by atoms with Crippen LogP contribution < -0.4 is 20.7 Å². The molecule has 0 radical (unpaired) electrons. The van der Waals surface area contributed by atoms with E-state index in [0.717, 1.165) is 41.9 Å². The second-order valence-corrected chi connectivity index (χ2v) is 16.7. The number of carbonyl (C=O) groups excluding carboxylic acids is 7. The monoisotopic (exact) mass is 845 g/mol. The molecule has 3 aromatic heterocycles. The standard InChI is InChI=1S/C43H47N11O8/c1-24-4-2-6-30(47-24)40(58)49-27-19-28(20-27)53-23-46-37-38(44-22-45-39(37)53)48-26-12-16-51(17-13-26)34(56)18-25-10-14-52(15-11-25)35(57)21-62-32-7-3-5-29-36(32)43(61)54(42(29)60)31-8-9-33(55)50-41(31)59/h2-7,22-23,25-28,31H,8-21H2,1H3,(H,49,58)(H,44,45,48)(H,50,55,59)/t27?,28?,31-/m0/s1. The number of hydrogen-bond acceptors (Lipinski definition) is 13. The zero-order chi connectivity index (χ0) is 43.1. The number of nitrogens with zero attached hydrogens (tertiary/aromatic N) is 8. The number of anilines is 1. The van der Waals surface area contributed by atoms with Crippen LogP contribution >= 0.6 is 0 Å². The van der Waals surface area contributed by atoms with Crippen molar-refractivity contribution < 1.29 is 38.3 Å². The zero-order valence-corrected chi connectivity index (χ0v) is 34.2. The van der Waals surface area contributed by atoms with Crippen LogP contribution in [-0.4, -0.2) is 131 Å². The molecular weight excluding hydrogens is 799 g/mol. The van der Waals surface area contributed by atoms with E-state index in [1.807, 2.05) is 24.0 Å². The summed E-state index contributed by atoms with van der Waals surface area (Å²) in [6, 6.07) is 9.13. The van der Waals surface area contributed by atoms with Crippen molar-refractivity contribution in [2.24, 2.45) is 5.92 Å². The third-order valence-corrected chi connectivity index (χ3v) is 12.7. The largest absolute Gasteiger partial charge is 0.483 e. The van der Waals surface area contributed by atoms with Gasteiger partial charge in [0, 0.05) is 62.8 Å². The molecule has 4 aliphatic heterocycles. The molecule has 7 heterocycles. The molecule has 0 spiro atoms. The quantitative estimate of drug-likeness (QED) is 0.184. The number of aromatic nitrogens is 5. The van der Waals surface area contributed by atoms with E-state index < -0.39 is 29.7 Å². The molecule has 4 aromatic rings. The maximum atomic E-state index is 13.4. The SMILES string of the molecule is Cc1cccc(C(=O)NC2CC(n3cnc4c(NC5CCN(C(=O)CC6CCN(C(=O)COc7cccc8c7C(=O)N([C@H]7CCC(=O)NC7=O)C8=O)CC6)CC5)ncnc43)C2)n1. The molecule has 5 aliphatic rings. The second kappa shape index (κ2) is 16.9. The van der Waals surface area contributed by atoms with Crippen LogP contribution in [0.2, 0.25) is 0 Å². The van der Waals surface area contributed by atoms with Gasteiger partial charge < -0.3 is 29.7 Å². The summed E-state index contributed by atoms with van der Waals surface area (Å²) >= 11 is 0. The lowest BCUT2D eigenvalue weighted by Crippen LogP contribution is -2.54. The fraction of sp³-hybridized carbons (Fsp3) is 0.465. The van der Waals surface area contributed by atoms with Crippen molar-refractivity contribution in [1.29, 1.82) is 0 Å². The van der Waals surface area contributed by atoms with Crippen LogP contribution in [0.15, 0.2) is 49.1 Å². The zero-order valence-electron chi connectivity index (χ0n) is 34.2. The summed E-state index contributed by atoms with van der Waals surface area (Å²) in [7, 11) is 0. The number of amides is 7. The molecule has 0 bridgehead atoms. The predicted octanol–water partition coefficient (Wildman–Crippen LogP) is 2.18. The Morgan fingerprint density at radius 3 is 2.34 bits per heavy atom. The molecule has 1 atom stereocenters. The van der Waals surface area contributed by atoms with E-state index in [9.17, 15) is 33.6 Å². The summed E-state index contributed by atoms with van der Waals surface area (Å²) in [5, 5.41) is 8.80. The Morgan fingerprint density at radius 1 is 0.839 bits per heavy atom. The molecule has 19 heteroatoms. The number of hydrogen-bond donors (Lipinski definition) is 3. The Morgan fingerprint density at radius 2 is 1.58 bits per heavy atom. The Bertz CT molecular complexity index is 2470. The van der Waals surface area contributed by atoms with Gasteiger partial charge >= 0.3 is 0 Å². The van der Waals surface area contributed by atoms with Crippen molar-refractivity contribution in [3.63, 3.8) is 0 Å². The number of imide groups is 2. The fourth-order valence-electron chi connectivity index (χ4n) is 9.15. The van der Waals surface area contributed by atoms with Crippen molar-refractivity contribution in [2.45, 2.75) is 88.9 Å². The Kier molecular flexibility index (Phi) is 11.1. The van der Waals surface area contributed by atoms with Gasteiger partial charge in [-0.1, -0.05) is 12.1 Å². The van der Waals surface area contributed by atoms with Gasteiger partial charge in [-0.2, -0.15) is 0 Å². The van der Waals surface area contributed by atoms with Gasteiger partial charge in [0.05, 0.1) is 17.5 Å². The first-order valence-electron chi connectivity index (χ1n) is 21.2. The highest BCUT2D eigenvalue weighted by molar-refractivity contribution is 6.24. The van der Waals surface area contributed by atoms with E-state index in [2.05, 4.69) is 40.5 Å². The van der Waals surface area contributed by atoms with Crippen molar-refractivity contribution in [3.05, 3.63) is 71.6 Å². The maximum Gasteiger partial charge on any atom is 0.270 e. The highest BCUT2D eigenvalue weighted by Crippen LogP contribution is 2.36. The van der Waals surface area contributed by atoms with Crippen molar-refractivity contribution in [1.82, 2.24) is 49.8 Å². The van der Waals surface area contributed by atoms with Crippen LogP contribution in [0.4, 0.5) is 5.82 Å². The molecule has 3 N–H and O–H groups in total. The molecule has 62 heavy (non-hydrogen) atoms. The molecular formula is C43H47N11O8. The van der Waals surface area contributed by atoms with Gasteiger partial charge in [0.1, 0.15) is 29.3 Å². The van der Waals surface area contributed by atoms with Crippen LogP contribution in [0.3, 0.4) is 0 Å². The lowest BCUT2D eigenvalue weighted by Gasteiger charge is -2.36. The minimum atomic E-state index is -1.11. The molecule has 9 rings (SSSR count). The highest BCUT2D eigenvalue weighted by Gasteiger charge is 2.46. The Balaban J connectivity index is 0.705. The van der Waals surface area contributed by atoms with Crippen molar-refractivity contribution in [2.75, 3.05) is 38.1 Å². The van der Waals surface area contributed by atoms with Crippen LogP contribution in [0.25, 0.3) is 11.2 Å². The Labute approximate surface area is 356 Å². The summed E-state index contributed by atoms with van der Waals surface area (Å²) in [6.45, 7) is 3.67. The molecule has 7 amide bonds. The van der Waals surface area contributed by atoms with E-state index in [1.54, 1.807) is 23.4 Å². The van der Waals surface area contributed by atoms with Gasteiger partial charge in [-0.15, -0.1) is 0 Å². The van der Waals surface area contributed by atoms with Crippen molar-refractivity contribution >= 4 is 58.3 Å². The van der Waals surface area contributed by atoms with Gasteiger partial charge in [-0.3, -0.25) is 43.8 Å². The number of likely N-dealkylation sites (tertiary alicyclic amines) is 2. The third kappa shape index (κ3) is 8.05. The first kappa shape index (κ1) is 40.6. The fourth-order valence-corrected chi connectivity index (χ4v) is 9.15.